The predicted molar refractivity (Wildman–Crippen MR) is 102 cm³/mol. The van der Waals surface area contributed by atoms with Crippen molar-refractivity contribution in [2.45, 2.75) is 18.0 Å². The van der Waals surface area contributed by atoms with E-state index in [1.165, 1.54) is 30.9 Å². The van der Waals surface area contributed by atoms with Crippen LogP contribution in [-0.4, -0.2) is 23.7 Å². The van der Waals surface area contributed by atoms with Crippen LogP contribution in [0.25, 0.3) is 0 Å². The van der Waals surface area contributed by atoms with Gasteiger partial charge in [-0.1, -0.05) is 18.5 Å². The van der Waals surface area contributed by atoms with Crippen molar-refractivity contribution in [1.82, 2.24) is 4.98 Å². The Hall–Kier alpha value is -2.17. The van der Waals surface area contributed by atoms with Gasteiger partial charge in [0.2, 0.25) is 0 Å². The summed E-state index contributed by atoms with van der Waals surface area (Å²) in [7, 11) is 1.46. The van der Waals surface area contributed by atoms with Crippen LogP contribution in [0.3, 0.4) is 0 Å². The highest BCUT2D eigenvalue weighted by Crippen LogP contribution is 2.35. The SMILES string of the molecule is CCSc1cc(Cl)c(N[O-])cc1C(=O)Nc1cc(C(F)(F)F)cnc1NC. The summed E-state index contributed by atoms with van der Waals surface area (Å²) in [6, 6.07) is 3.49. The van der Waals surface area contributed by atoms with Crippen molar-refractivity contribution < 1.29 is 18.0 Å². The van der Waals surface area contributed by atoms with Crippen LogP contribution in [0.2, 0.25) is 5.02 Å². The highest BCUT2D eigenvalue weighted by molar-refractivity contribution is 7.99. The van der Waals surface area contributed by atoms with Gasteiger partial charge in [0.25, 0.3) is 5.91 Å². The first-order valence-electron chi connectivity index (χ1n) is 7.62. The van der Waals surface area contributed by atoms with Gasteiger partial charge in [-0.05, 0) is 24.0 Å². The molecule has 0 bridgehead atoms. The van der Waals surface area contributed by atoms with Gasteiger partial charge >= 0.3 is 6.18 Å². The molecular weight excluding hydrogens is 405 g/mol. The van der Waals surface area contributed by atoms with Crippen molar-refractivity contribution in [2.24, 2.45) is 0 Å². The number of halogens is 4. The molecule has 11 heteroatoms. The van der Waals surface area contributed by atoms with Crippen LogP contribution in [0, 0.1) is 5.21 Å². The number of benzene rings is 1. The molecule has 0 aliphatic carbocycles. The zero-order chi connectivity index (χ0) is 20.2. The number of alkyl halides is 3. The maximum absolute atomic E-state index is 12.9. The lowest BCUT2D eigenvalue weighted by Crippen LogP contribution is -2.16. The van der Waals surface area contributed by atoms with Gasteiger partial charge < -0.3 is 21.3 Å². The fourth-order valence-corrected chi connectivity index (χ4v) is 3.28. The molecule has 0 fully saturated rings. The van der Waals surface area contributed by atoms with E-state index in [1.807, 2.05) is 6.92 Å². The number of hydrogen-bond donors (Lipinski definition) is 3. The van der Waals surface area contributed by atoms with E-state index >= 15 is 0 Å². The smallest absolute Gasteiger partial charge is 0.417 e. The minimum atomic E-state index is -4.61. The Morgan fingerprint density at radius 1 is 1.30 bits per heavy atom. The van der Waals surface area contributed by atoms with Crippen LogP contribution < -0.4 is 16.1 Å². The molecule has 1 aromatic carbocycles. The number of carbonyl (C=O) groups excluding carboxylic acids is 1. The lowest BCUT2D eigenvalue weighted by atomic mass is 10.1. The van der Waals surface area contributed by atoms with Crippen LogP contribution in [0.4, 0.5) is 30.4 Å². The quantitative estimate of drug-likeness (QED) is 0.447. The topological polar surface area (TPSA) is 89.1 Å². The van der Waals surface area contributed by atoms with E-state index in [4.69, 9.17) is 11.6 Å². The monoisotopic (exact) mass is 419 g/mol. The third kappa shape index (κ3) is 4.96. The summed E-state index contributed by atoms with van der Waals surface area (Å²) >= 11 is 7.27. The third-order valence-corrected chi connectivity index (χ3v) is 4.67. The summed E-state index contributed by atoms with van der Waals surface area (Å²) in [6.07, 6.45) is -3.94. The molecule has 27 heavy (non-hydrogen) atoms. The van der Waals surface area contributed by atoms with E-state index < -0.39 is 17.6 Å². The Labute approximate surface area is 162 Å². The summed E-state index contributed by atoms with van der Waals surface area (Å²) in [4.78, 5) is 16.9. The summed E-state index contributed by atoms with van der Waals surface area (Å²) < 4.78 is 38.8. The first kappa shape index (κ1) is 21.1. The van der Waals surface area contributed by atoms with Crippen molar-refractivity contribution in [2.75, 3.05) is 28.9 Å². The first-order valence-corrected chi connectivity index (χ1v) is 8.98. The van der Waals surface area contributed by atoms with Gasteiger partial charge in [0.1, 0.15) is 5.82 Å². The molecule has 0 radical (unpaired) electrons. The summed E-state index contributed by atoms with van der Waals surface area (Å²) in [5.41, 5.74) is 0.572. The zero-order valence-corrected chi connectivity index (χ0v) is 15.8. The third-order valence-electron chi connectivity index (χ3n) is 3.42. The lowest BCUT2D eigenvalue weighted by Gasteiger charge is -2.17. The Morgan fingerprint density at radius 3 is 2.56 bits per heavy atom. The molecule has 0 aliphatic rings. The second kappa shape index (κ2) is 8.68. The minimum Gasteiger partial charge on any atom is -0.761 e. The largest absolute Gasteiger partial charge is 0.761 e. The molecule has 0 spiro atoms. The molecule has 0 saturated heterocycles. The summed E-state index contributed by atoms with van der Waals surface area (Å²) in [5.74, 6) is -0.0119. The second-order valence-electron chi connectivity index (χ2n) is 5.19. The summed E-state index contributed by atoms with van der Waals surface area (Å²) in [5, 5.41) is 16.2. The molecule has 3 N–H and O–H groups in total. The van der Waals surface area contributed by atoms with Crippen LogP contribution in [0.5, 0.6) is 0 Å². The Morgan fingerprint density at radius 2 is 2.00 bits per heavy atom. The molecule has 2 rings (SSSR count). The molecule has 0 unspecified atom stereocenters. The maximum Gasteiger partial charge on any atom is 0.417 e. The molecule has 0 aliphatic heterocycles. The van der Waals surface area contributed by atoms with Crippen molar-refractivity contribution in [1.29, 1.82) is 0 Å². The molecule has 6 nitrogen and oxygen atoms in total. The summed E-state index contributed by atoms with van der Waals surface area (Å²) in [6.45, 7) is 1.86. The van der Waals surface area contributed by atoms with Crippen LogP contribution >= 0.6 is 23.4 Å². The van der Waals surface area contributed by atoms with Crippen molar-refractivity contribution in [3.05, 3.63) is 45.8 Å². The van der Waals surface area contributed by atoms with Crippen LogP contribution in [0.15, 0.2) is 29.3 Å². The fourth-order valence-electron chi connectivity index (χ4n) is 2.19. The van der Waals surface area contributed by atoms with E-state index in [0.29, 0.717) is 16.8 Å². The number of hydrogen-bond acceptors (Lipinski definition) is 6. The highest BCUT2D eigenvalue weighted by atomic mass is 35.5. The molecule has 2 aromatic rings. The number of thioether (sulfide) groups is 1. The number of pyridine rings is 1. The predicted octanol–water partition coefficient (Wildman–Crippen LogP) is 5.07. The van der Waals surface area contributed by atoms with Gasteiger partial charge in [0.05, 0.1) is 21.8 Å². The van der Waals surface area contributed by atoms with Gasteiger partial charge in [-0.3, -0.25) is 4.79 Å². The molecular formula is C16H15ClF3N4O2S-. The molecule has 146 valence electrons. The van der Waals surface area contributed by atoms with Gasteiger partial charge in [-0.25, -0.2) is 4.98 Å². The van der Waals surface area contributed by atoms with Gasteiger partial charge in [0.15, 0.2) is 0 Å². The van der Waals surface area contributed by atoms with Gasteiger partial charge in [-0.15, -0.1) is 11.8 Å². The fraction of sp³-hybridized carbons (Fsp3) is 0.250. The average molecular weight is 420 g/mol. The Balaban J connectivity index is 2.45. The van der Waals surface area contributed by atoms with E-state index in [9.17, 15) is 23.2 Å². The Bertz CT molecular complexity index is 849. The first-order chi connectivity index (χ1) is 12.7. The van der Waals surface area contributed by atoms with Gasteiger partial charge in [-0.2, -0.15) is 13.2 Å². The number of anilines is 3. The molecule has 0 saturated carbocycles. The number of nitrogens with zero attached hydrogens (tertiary/aromatic N) is 1. The van der Waals surface area contributed by atoms with E-state index in [-0.39, 0.29) is 27.8 Å². The van der Waals surface area contributed by atoms with Crippen molar-refractivity contribution in [3.63, 3.8) is 0 Å². The highest BCUT2D eigenvalue weighted by Gasteiger charge is 2.32. The number of carbonyl (C=O) groups is 1. The van der Waals surface area contributed by atoms with Crippen molar-refractivity contribution in [3.8, 4) is 0 Å². The molecule has 1 aromatic heterocycles. The number of amides is 1. The minimum absolute atomic E-state index is 0.0155. The Kier molecular flexibility index (Phi) is 6.79. The number of aromatic nitrogens is 1. The van der Waals surface area contributed by atoms with E-state index in [0.717, 1.165) is 6.07 Å². The lowest BCUT2D eigenvalue weighted by molar-refractivity contribution is -0.137. The molecule has 1 amide bonds. The second-order valence-corrected chi connectivity index (χ2v) is 6.90. The van der Waals surface area contributed by atoms with E-state index in [2.05, 4.69) is 15.6 Å². The van der Waals surface area contributed by atoms with Gasteiger partial charge in [0, 0.05) is 23.8 Å². The standard InChI is InChI=1S/C16H15ClF3N4O2S/c1-3-27-13-6-10(17)11(24-26)5-9(13)15(25)23-12-4-8(16(18,19)20)7-22-14(12)21-2/h4-7,24H,3H2,1-2H3,(H,21,22)(H,23,25)/q-1. The van der Waals surface area contributed by atoms with Crippen molar-refractivity contribution >= 4 is 46.5 Å². The van der Waals surface area contributed by atoms with Crippen LogP contribution in [-0.2, 0) is 6.18 Å². The van der Waals surface area contributed by atoms with Crippen LogP contribution in [0.1, 0.15) is 22.8 Å². The average Bonchev–Trinajstić information content (AvgIpc) is 2.61. The van der Waals surface area contributed by atoms with E-state index in [1.54, 1.807) is 5.48 Å². The number of nitrogens with one attached hydrogen (secondary N) is 3. The number of rotatable bonds is 6. The maximum atomic E-state index is 12.9. The molecule has 1 heterocycles. The molecule has 0 atom stereocenters. The normalized spacial score (nSPS) is 11.2. The zero-order valence-electron chi connectivity index (χ0n) is 14.2.